The summed E-state index contributed by atoms with van der Waals surface area (Å²) in [5.74, 6) is -0.362. The van der Waals surface area contributed by atoms with E-state index in [4.69, 9.17) is 15.0 Å². The minimum absolute atomic E-state index is 0.229. The lowest BCUT2D eigenvalue weighted by Gasteiger charge is -2.17. The van der Waals surface area contributed by atoms with Crippen LogP contribution in [0.5, 0.6) is 0 Å². The molecule has 0 aliphatic rings. The second-order valence-corrected chi connectivity index (χ2v) is 7.22. The third-order valence-corrected chi connectivity index (χ3v) is 4.52. The number of benzene rings is 3. The van der Waals surface area contributed by atoms with Crippen molar-refractivity contribution in [2.24, 2.45) is 4.99 Å². The van der Waals surface area contributed by atoms with E-state index in [1.165, 1.54) is 0 Å². The van der Waals surface area contributed by atoms with E-state index in [0.717, 1.165) is 22.4 Å². The molecule has 3 aromatic rings. The summed E-state index contributed by atoms with van der Waals surface area (Å²) in [5.41, 5.74) is 4.12. The van der Waals surface area contributed by atoms with Crippen molar-refractivity contribution in [2.45, 2.75) is 32.4 Å². The summed E-state index contributed by atoms with van der Waals surface area (Å²) < 4.78 is 5.50. The van der Waals surface area contributed by atoms with Crippen LogP contribution in [0.4, 0.5) is 0 Å². The molecule has 0 aliphatic carbocycles. The Labute approximate surface area is 177 Å². The zero-order valence-corrected chi connectivity index (χ0v) is 17.2. The van der Waals surface area contributed by atoms with Crippen molar-refractivity contribution in [3.63, 3.8) is 0 Å². The Hall–Kier alpha value is -3.71. The number of nitriles is 1. The Bertz CT molecular complexity index is 992. The molecule has 0 unspecified atom stereocenters. The highest BCUT2D eigenvalue weighted by Crippen LogP contribution is 2.16. The monoisotopic (exact) mass is 396 g/mol. The fourth-order valence-corrected chi connectivity index (χ4v) is 3.09. The molecule has 150 valence electrons. The molecule has 0 saturated heterocycles. The molecule has 1 atom stereocenters. The molecule has 0 heterocycles. The van der Waals surface area contributed by atoms with Crippen molar-refractivity contribution in [3.8, 4) is 6.07 Å². The highest BCUT2D eigenvalue weighted by molar-refractivity contribution is 6.13. The smallest absolute Gasteiger partial charge is 0.331 e. The standard InChI is InChI=1S/C26H24N2O2/c1-19(2)30-26(29)24(17-20-13-15-21(18-27)16-14-20)28-25(22-9-5-3-6-10-22)23-11-7-4-8-12-23/h3-16,19,24H,17H2,1-2H3/t24-/m0/s1. The molecule has 3 aromatic carbocycles. The number of hydrogen-bond donors (Lipinski definition) is 0. The van der Waals surface area contributed by atoms with Gasteiger partial charge in [-0.2, -0.15) is 5.26 Å². The molecule has 30 heavy (non-hydrogen) atoms. The predicted molar refractivity (Wildman–Crippen MR) is 118 cm³/mol. The van der Waals surface area contributed by atoms with Crippen LogP contribution in [0.3, 0.4) is 0 Å². The number of hydrogen-bond acceptors (Lipinski definition) is 4. The topological polar surface area (TPSA) is 62.5 Å². The number of nitrogens with zero attached hydrogens (tertiary/aromatic N) is 2. The normalized spacial score (nSPS) is 11.4. The second-order valence-electron chi connectivity index (χ2n) is 7.22. The molecule has 0 aliphatic heterocycles. The van der Waals surface area contributed by atoms with Gasteiger partial charge in [0.05, 0.1) is 23.4 Å². The summed E-state index contributed by atoms with van der Waals surface area (Å²) in [6.07, 6.45) is 0.161. The number of rotatable bonds is 7. The largest absolute Gasteiger partial charge is 0.461 e. The average Bonchev–Trinajstić information content (AvgIpc) is 2.77. The maximum absolute atomic E-state index is 12.9. The number of ether oxygens (including phenoxy) is 1. The molecule has 0 saturated carbocycles. The Balaban J connectivity index is 2.03. The van der Waals surface area contributed by atoms with Crippen LogP contribution in [0.1, 0.15) is 36.1 Å². The van der Waals surface area contributed by atoms with Crippen LogP contribution in [0, 0.1) is 11.3 Å². The van der Waals surface area contributed by atoms with E-state index >= 15 is 0 Å². The highest BCUT2D eigenvalue weighted by atomic mass is 16.5. The Morgan fingerprint density at radius 2 is 1.43 bits per heavy atom. The first-order valence-corrected chi connectivity index (χ1v) is 9.95. The maximum atomic E-state index is 12.9. The van der Waals surface area contributed by atoms with Gasteiger partial charge in [0.1, 0.15) is 0 Å². The first kappa shape index (κ1) is 21.0. The van der Waals surface area contributed by atoms with Gasteiger partial charge < -0.3 is 4.74 Å². The zero-order valence-electron chi connectivity index (χ0n) is 17.2. The van der Waals surface area contributed by atoms with Crippen LogP contribution < -0.4 is 0 Å². The lowest BCUT2D eigenvalue weighted by atomic mass is 10.0. The molecule has 0 amide bonds. The van der Waals surface area contributed by atoms with Crippen molar-refractivity contribution in [3.05, 3.63) is 107 Å². The van der Waals surface area contributed by atoms with Crippen molar-refractivity contribution in [2.75, 3.05) is 0 Å². The first-order chi connectivity index (χ1) is 14.6. The van der Waals surface area contributed by atoms with Crippen molar-refractivity contribution in [1.82, 2.24) is 0 Å². The van der Waals surface area contributed by atoms with Gasteiger partial charge in [0.25, 0.3) is 0 Å². The molecule has 0 N–H and O–H groups in total. The van der Waals surface area contributed by atoms with E-state index in [0.29, 0.717) is 12.0 Å². The molecule has 0 bridgehead atoms. The Morgan fingerprint density at radius 3 is 1.90 bits per heavy atom. The van der Waals surface area contributed by atoms with E-state index < -0.39 is 6.04 Å². The van der Waals surface area contributed by atoms with E-state index in [2.05, 4.69) is 6.07 Å². The summed E-state index contributed by atoms with van der Waals surface area (Å²) in [5, 5.41) is 9.02. The molecule has 4 heteroatoms. The van der Waals surface area contributed by atoms with Gasteiger partial charge in [-0.3, -0.25) is 4.99 Å². The van der Waals surface area contributed by atoms with E-state index in [1.54, 1.807) is 12.1 Å². The number of carbonyl (C=O) groups is 1. The quantitative estimate of drug-likeness (QED) is 0.419. The van der Waals surface area contributed by atoms with Crippen molar-refractivity contribution < 1.29 is 9.53 Å². The van der Waals surface area contributed by atoms with Crippen LogP contribution in [0.15, 0.2) is 89.9 Å². The fourth-order valence-electron chi connectivity index (χ4n) is 3.09. The SMILES string of the molecule is CC(C)OC(=O)[C@H](Cc1ccc(C#N)cc1)N=C(c1ccccc1)c1ccccc1. The number of carbonyl (C=O) groups excluding carboxylic acids is 1. The van der Waals surface area contributed by atoms with Gasteiger partial charge in [0, 0.05) is 17.5 Å². The van der Waals surface area contributed by atoms with Crippen molar-refractivity contribution in [1.29, 1.82) is 5.26 Å². The highest BCUT2D eigenvalue weighted by Gasteiger charge is 2.23. The molecule has 0 fully saturated rings. The molecule has 0 spiro atoms. The number of aliphatic imine (C=N–C) groups is 1. The van der Waals surface area contributed by atoms with Crippen LogP contribution in [0.25, 0.3) is 0 Å². The Kier molecular flexibility index (Phi) is 7.13. The average molecular weight is 396 g/mol. The molecule has 0 radical (unpaired) electrons. The summed E-state index contributed by atoms with van der Waals surface area (Å²) in [7, 11) is 0. The van der Waals surface area contributed by atoms with Gasteiger partial charge in [0.15, 0.2) is 6.04 Å². The molecule has 0 aromatic heterocycles. The van der Waals surface area contributed by atoms with Crippen LogP contribution in [-0.4, -0.2) is 23.8 Å². The first-order valence-electron chi connectivity index (χ1n) is 9.95. The molecule has 3 rings (SSSR count). The van der Waals surface area contributed by atoms with E-state index in [1.807, 2.05) is 86.6 Å². The maximum Gasteiger partial charge on any atom is 0.331 e. The van der Waals surface area contributed by atoms with Gasteiger partial charge in [-0.05, 0) is 31.5 Å². The molecule has 4 nitrogen and oxygen atoms in total. The van der Waals surface area contributed by atoms with Crippen LogP contribution in [0.2, 0.25) is 0 Å². The van der Waals surface area contributed by atoms with Crippen LogP contribution in [-0.2, 0) is 16.0 Å². The van der Waals surface area contributed by atoms with E-state index in [9.17, 15) is 4.79 Å². The van der Waals surface area contributed by atoms with Gasteiger partial charge in [-0.1, -0.05) is 72.8 Å². The minimum Gasteiger partial charge on any atom is -0.461 e. The lowest BCUT2D eigenvalue weighted by Crippen LogP contribution is -2.28. The van der Waals surface area contributed by atoms with Gasteiger partial charge in [0.2, 0.25) is 0 Å². The third kappa shape index (κ3) is 5.65. The summed E-state index contributed by atoms with van der Waals surface area (Å²) in [4.78, 5) is 17.8. The lowest BCUT2D eigenvalue weighted by molar-refractivity contribution is -0.148. The Morgan fingerprint density at radius 1 is 0.900 bits per heavy atom. The molecular formula is C26H24N2O2. The zero-order chi connectivity index (χ0) is 21.3. The van der Waals surface area contributed by atoms with Crippen LogP contribution >= 0.6 is 0 Å². The summed E-state index contributed by atoms with van der Waals surface area (Å²) in [6.45, 7) is 3.66. The van der Waals surface area contributed by atoms with E-state index in [-0.39, 0.29) is 12.1 Å². The summed E-state index contributed by atoms with van der Waals surface area (Å²) in [6, 6.07) is 28.3. The van der Waals surface area contributed by atoms with Gasteiger partial charge in [-0.15, -0.1) is 0 Å². The minimum atomic E-state index is -0.698. The van der Waals surface area contributed by atoms with Gasteiger partial charge in [-0.25, -0.2) is 4.79 Å². The van der Waals surface area contributed by atoms with Gasteiger partial charge >= 0.3 is 5.97 Å². The third-order valence-electron chi connectivity index (χ3n) is 4.52. The fraction of sp³-hybridized carbons (Fsp3) is 0.192. The summed E-state index contributed by atoms with van der Waals surface area (Å²) >= 11 is 0. The second kappa shape index (κ2) is 10.2. The predicted octanol–water partition coefficient (Wildman–Crippen LogP) is 4.96. The number of esters is 1. The molecular weight excluding hydrogens is 372 g/mol. The van der Waals surface area contributed by atoms with Crippen molar-refractivity contribution >= 4 is 11.7 Å².